The number of hydrogen-bond donors (Lipinski definition) is 3. The molecule has 1 aromatic heterocycles. The third kappa shape index (κ3) is 3.33. The summed E-state index contributed by atoms with van der Waals surface area (Å²) < 4.78 is 5.32. The van der Waals surface area contributed by atoms with Gasteiger partial charge in [0.25, 0.3) is 0 Å². The van der Waals surface area contributed by atoms with E-state index in [1.165, 1.54) is 0 Å². The Morgan fingerprint density at radius 2 is 2.26 bits per heavy atom. The summed E-state index contributed by atoms with van der Waals surface area (Å²) in [6.45, 7) is 5.57. The molecule has 1 aliphatic heterocycles. The fourth-order valence-electron chi connectivity index (χ4n) is 2.34. The predicted octanol–water partition coefficient (Wildman–Crippen LogP) is 0.0621. The zero-order valence-corrected chi connectivity index (χ0v) is 11.7. The summed E-state index contributed by atoms with van der Waals surface area (Å²) in [5.41, 5.74) is 3.18. The molecule has 1 aliphatic rings. The maximum atomic E-state index is 11.9. The van der Waals surface area contributed by atoms with Gasteiger partial charge in [-0.25, -0.2) is 0 Å². The van der Waals surface area contributed by atoms with Crippen LogP contribution in [0, 0.1) is 13.8 Å². The first-order valence-corrected chi connectivity index (χ1v) is 6.65. The largest absolute Gasteiger partial charge is 0.378 e. The number of hydrogen-bond acceptors (Lipinski definition) is 4. The summed E-state index contributed by atoms with van der Waals surface area (Å²) in [5, 5.41) is 13.4. The Kier molecular flexibility index (Phi) is 4.55. The van der Waals surface area contributed by atoms with E-state index in [0.717, 1.165) is 30.0 Å². The zero-order valence-electron chi connectivity index (χ0n) is 11.7. The quantitative estimate of drug-likeness (QED) is 0.704. The minimum absolute atomic E-state index is 0.0517. The number of nitrogens with zero attached hydrogens (tertiary/aromatic N) is 1. The van der Waals surface area contributed by atoms with Crippen molar-refractivity contribution in [3.05, 3.63) is 17.0 Å². The van der Waals surface area contributed by atoms with Crippen LogP contribution in [-0.4, -0.2) is 48.4 Å². The molecule has 2 heterocycles. The third-order valence-corrected chi connectivity index (χ3v) is 3.75. The number of amides is 1. The van der Waals surface area contributed by atoms with Gasteiger partial charge in [0.15, 0.2) is 0 Å². The maximum Gasteiger partial charge on any atom is 0.220 e. The van der Waals surface area contributed by atoms with E-state index < -0.39 is 0 Å². The highest BCUT2D eigenvalue weighted by atomic mass is 16.5. The van der Waals surface area contributed by atoms with Crippen LogP contribution in [0.1, 0.15) is 23.4 Å². The summed E-state index contributed by atoms with van der Waals surface area (Å²) >= 11 is 0. The van der Waals surface area contributed by atoms with Gasteiger partial charge in [-0.15, -0.1) is 0 Å². The van der Waals surface area contributed by atoms with Crippen molar-refractivity contribution in [2.45, 2.75) is 38.8 Å². The number of carbonyl (C=O) groups excluding carboxylic acids is 1. The molecule has 1 aromatic rings. The van der Waals surface area contributed by atoms with Crippen molar-refractivity contribution in [2.24, 2.45) is 0 Å². The molecule has 2 atom stereocenters. The summed E-state index contributed by atoms with van der Waals surface area (Å²) in [6.07, 6.45) is 1.19. The Hall–Kier alpha value is -1.40. The van der Waals surface area contributed by atoms with Crippen LogP contribution in [0.2, 0.25) is 0 Å². The minimum atomic E-state index is 0.0517. The highest BCUT2D eigenvalue weighted by molar-refractivity contribution is 5.76. The van der Waals surface area contributed by atoms with Crippen molar-refractivity contribution < 1.29 is 9.53 Å². The van der Waals surface area contributed by atoms with Gasteiger partial charge < -0.3 is 15.4 Å². The van der Waals surface area contributed by atoms with Crippen LogP contribution in [0.3, 0.4) is 0 Å². The number of methoxy groups -OCH3 is 1. The Bertz CT molecular complexity index is 444. The second-order valence-corrected chi connectivity index (χ2v) is 5.03. The van der Waals surface area contributed by atoms with Gasteiger partial charge in [0.05, 0.1) is 17.8 Å². The predicted molar refractivity (Wildman–Crippen MR) is 72.0 cm³/mol. The number of H-pyrrole nitrogens is 1. The monoisotopic (exact) mass is 266 g/mol. The fraction of sp³-hybridized carbons (Fsp3) is 0.692. The Labute approximate surface area is 113 Å². The molecular weight excluding hydrogens is 244 g/mol. The molecule has 3 N–H and O–H groups in total. The number of ether oxygens (including phenoxy) is 1. The van der Waals surface area contributed by atoms with Crippen molar-refractivity contribution in [1.29, 1.82) is 0 Å². The molecule has 6 nitrogen and oxygen atoms in total. The normalized spacial score (nSPS) is 22.7. The molecule has 106 valence electrons. The van der Waals surface area contributed by atoms with E-state index in [0.29, 0.717) is 12.8 Å². The number of rotatable bonds is 5. The fourth-order valence-corrected chi connectivity index (χ4v) is 2.34. The lowest BCUT2D eigenvalue weighted by molar-refractivity contribution is -0.122. The topological polar surface area (TPSA) is 79.0 Å². The molecular formula is C13H22N4O2. The molecule has 1 saturated heterocycles. The van der Waals surface area contributed by atoms with E-state index in [1.54, 1.807) is 7.11 Å². The second-order valence-electron chi connectivity index (χ2n) is 5.03. The highest BCUT2D eigenvalue weighted by Gasteiger charge is 2.27. The molecule has 0 bridgehead atoms. The minimum Gasteiger partial charge on any atom is -0.378 e. The highest BCUT2D eigenvalue weighted by Crippen LogP contribution is 2.11. The zero-order chi connectivity index (χ0) is 13.8. The number of aryl methyl sites for hydroxylation is 2. The number of nitrogens with one attached hydrogen (secondary N) is 3. The van der Waals surface area contributed by atoms with Crippen LogP contribution < -0.4 is 10.6 Å². The lowest BCUT2D eigenvalue weighted by Crippen LogP contribution is -2.43. The average molecular weight is 266 g/mol. The van der Waals surface area contributed by atoms with Crippen LogP contribution in [0.4, 0.5) is 0 Å². The van der Waals surface area contributed by atoms with E-state index in [4.69, 9.17) is 4.74 Å². The van der Waals surface area contributed by atoms with Crippen molar-refractivity contribution in [1.82, 2.24) is 20.8 Å². The van der Waals surface area contributed by atoms with Gasteiger partial charge >= 0.3 is 0 Å². The summed E-state index contributed by atoms with van der Waals surface area (Å²) in [4.78, 5) is 11.9. The number of carbonyl (C=O) groups is 1. The summed E-state index contributed by atoms with van der Waals surface area (Å²) in [6, 6.07) is 0.0690. The van der Waals surface area contributed by atoms with E-state index in [2.05, 4.69) is 20.8 Å². The van der Waals surface area contributed by atoms with Gasteiger partial charge in [-0.2, -0.15) is 5.10 Å². The third-order valence-electron chi connectivity index (χ3n) is 3.75. The SMILES string of the molecule is CO[C@H]1CNC[C@@H]1NC(=O)CCc1n[nH]c(C)c1C. The molecule has 1 amide bonds. The lowest BCUT2D eigenvalue weighted by atomic mass is 10.1. The molecule has 0 spiro atoms. The van der Waals surface area contributed by atoms with Gasteiger partial charge in [0.1, 0.15) is 0 Å². The standard InChI is InChI=1S/C13H22N4O2/c1-8-9(2)16-17-10(8)4-5-13(18)15-11-6-14-7-12(11)19-3/h11-12,14H,4-7H2,1-3H3,(H,15,18)(H,16,17)/t11-,12-/m0/s1. The number of aromatic nitrogens is 2. The molecule has 2 rings (SSSR count). The first-order valence-electron chi connectivity index (χ1n) is 6.65. The first-order chi connectivity index (χ1) is 9.11. The lowest BCUT2D eigenvalue weighted by Gasteiger charge is -2.18. The van der Waals surface area contributed by atoms with E-state index >= 15 is 0 Å². The molecule has 0 unspecified atom stereocenters. The molecule has 0 radical (unpaired) electrons. The van der Waals surface area contributed by atoms with Crippen molar-refractivity contribution in [3.63, 3.8) is 0 Å². The van der Waals surface area contributed by atoms with Crippen LogP contribution in [0.15, 0.2) is 0 Å². The molecule has 1 fully saturated rings. The molecule has 0 aliphatic carbocycles. The average Bonchev–Trinajstić information content (AvgIpc) is 2.96. The smallest absolute Gasteiger partial charge is 0.220 e. The van der Waals surface area contributed by atoms with Crippen LogP contribution >= 0.6 is 0 Å². The Morgan fingerprint density at radius 1 is 1.47 bits per heavy atom. The Balaban J connectivity index is 1.80. The maximum absolute atomic E-state index is 11.9. The second kappa shape index (κ2) is 6.16. The molecule has 19 heavy (non-hydrogen) atoms. The number of aromatic amines is 1. The van der Waals surface area contributed by atoms with Crippen molar-refractivity contribution in [2.75, 3.05) is 20.2 Å². The summed E-state index contributed by atoms with van der Waals surface area (Å²) in [5.74, 6) is 0.0517. The van der Waals surface area contributed by atoms with Crippen molar-refractivity contribution >= 4 is 5.91 Å². The van der Waals surface area contributed by atoms with Gasteiger partial charge in [0.2, 0.25) is 5.91 Å². The Morgan fingerprint density at radius 3 is 2.89 bits per heavy atom. The van der Waals surface area contributed by atoms with Gasteiger partial charge in [-0.3, -0.25) is 9.89 Å². The van der Waals surface area contributed by atoms with Gasteiger partial charge in [-0.1, -0.05) is 0 Å². The van der Waals surface area contributed by atoms with E-state index in [9.17, 15) is 4.79 Å². The summed E-state index contributed by atoms with van der Waals surface area (Å²) in [7, 11) is 1.67. The van der Waals surface area contributed by atoms with Gasteiger partial charge in [-0.05, 0) is 19.4 Å². The van der Waals surface area contributed by atoms with Crippen LogP contribution in [0.5, 0.6) is 0 Å². The molecule has 0 aromatic carbocycles. The van der Waals surface area contributed by atoms with Gasteiger partial charge in [0, 0.05) is 38.7 Å². The molecule has 6 heteroatoms. The van der Waals surface area contributed by atoms with Crippen LogP contribution in [-0.2, 0) is 16.0 Å². The molecule has 0 saturated carbocycles. The van der Waals surface area contributed by atoms with E-state index in [-0.39, 0.29) is 18.1 Å². The van der Waals surface area contributed by atoms with Crippen LogP contribution in [0.25, 0.3) is 0 Å². The van der Waals surface area contributed by atoms with Crippen molar-refractivity contribution in [3.8, 4) is 0 Å². The first kappa shape index (κ1) is 14.0. The van der Waals surface area contributed by atoms with E-state index in [1.807, 2.05) is 13.8 Å².